The number of para-hydroxylation sites is 1. The number of furan rings is 1. The van der Waals surface area contributed by atoms with Crippen molar-refractivity contribution in [1.82, 2.24) is 4.90 Å². The van der Waals surface area contributed by atoms with E-state index in [4.69, 9.17) is 18.6 Å². The van der Waals surface area contributed by atoms with Crippen molar-refractivity contribution in [2.24, 2.45) is 5.92 Å². The number of carbonyl (C=O) groups excluding carboxylic acids is 1. The summed E-state index contributed by atoms with van der Waals surface area (Å²) in [4.78, 5) is 14.6. The number of rotatable bonds is 7. The predicted molar refractivity (Wildman–Crippen MR) is 94.1 cm³/mol. The van der Waals surface area contributed by atoms with Crippen LogP contribution in [0.1, 0.15) is 23.4 Å². The molecule has 0 atom stereocenters. The standard InChI is InChI=1S/C19H25NO5/c1-22-10-11-24-13-14-6-8-20(9-7-14)19(21)17-12-15-4-3-5-16(23-2)18(15)25-17/h3-5,12,14H,6-11,13H2,1-2H3. The van der Waals surface area contributed by atoms with Gasteiger partial charge in [0.15, 0.2) is 17.1 Å². The average Bonchev–Trinajstić information content (AvgIpc) is 3.09. The van der Waals surface area contributed by atoms with Gasteiger partial charge in [-0.15, -0.1) is 0 Å². The van der Waals surface area contributed by atoms with Gasteiger partial charge in [-0.1, -0.05) is 12.1 Å². The Morgan fingerprint density at radius 2 is 2.04 bits per heavy atom. The van der Waals surface area contributed by atoms with Crippen LogP contribution in [0.25, 0.3) is 11.0 Å². The zero-order valence-electron chi connectivity index (χ0n) is 14.8. The molecular formula is C19H25NO5. The molecule has 2 aromatic rings. The molecule has 0 bridgehead atoms. The molecule has 1 aromatic carbocycles. The largest absolute Gasteiger partial charge is 0.493 e. The fourth-order valence-corrected chi connectivity index (χ4v) is 3.15. The first-order chi connectivity index (χ1) is 12.2. The highest BCUT2D eigenvalue weighted by atomic mass is 16.5. The number of ether oxygens (including phenoxy) is 3. The van der Waals surface area contributed by atoms with Gasteiger partial charge in [0, 0.05) is 32.2 Å². The number of likely N-dealkylation sites (tertiary alicyclic amines) is 1. The molecule has 0 radical (unpaired) electrons. The summed E-state index contributed by atoms with van der Waals surface area (Å²) < 4.78 is 21.6. The van der Waals surface area contributed by atoms with Crippen molar-refractivity contribution in [2.45, 2.75) is 12.8 Å². The predicted octanol–water partition coefficient (Wildman–Crippen LogP) is 2.96. The zero-order chi connectivity index (χ0) is 17.6. The number of benzene rings is 1. The van der Waals surface area contributed by atoms with Gasteiger partial charge < -0.3 is 23.5 Å². The minimum atomic E-state index is -0.0583. The molecule has 0 aliphatic carbocycles. The molecule has 1 saturated heterocycles. The van der Waals surface area contributed by atoms with Crippen molar-refractivity contribution in [1.29, 1.82) is 0 Å². The number of amides is 1. The van der Waals surface area contributed by atoms with Gasteiger partial charge in [-0.2, -0.15) is 0 Å². The van der Waals surface area contributed by atoms with Crippen LogP contribution in [-0.2, 0) is 9.47 Å². The molecule has 0 spiro atoms. The van der Waals surface area contributed by atoms with Crippen LogP contribution in [0, 0.1) is 5.92 Å². The lowest BCUT2D eigenvalue weighted by atomic mass is 9.97. The van der Waals surface area contributed by atoms with Crippen molar-refractivity contribution < 1.29 is 23.4 Å². The lowest BCUT2D eigenvalue weighted by molar-refractivity contribution is 0.0320. The number of nitrogens with zero attached hydrogens (tertiary/aromatic N) is 1. The van der Waals surface area contributed by atoms with E-state index >= 15 is 0 Å². The maximum absolute atomic E-state index is 12.7. The minimum Gasteiger partial charge on any atom is -0.493 e. The average molecular weight is 347 g/mol. The number of methoxy groups -OCH3 is 2. The highest BCUT2D eigenvalue weighted by Crippen LogP contribution is 2.29. The van der Waals surface area contributed by atoms with Crippen molar-refractivity contribution in [2.75, 3.05) is 47.1 Å². The molecule has 6 heteroatoms. The van der Waals surface area contributed by atoms with E-state index in [1.165, 1.54) is 0 Å². The van der Waals surface area contributed by atoms with Crippen LogP contribution in [0.15, 0.2) is 28.7 Å². The van der Waals surface area contributed by atoms with Gasteiger partial charge in [0.05, 0.1) is 20.3 Å². The van der Waals surface area contributed by atoms with Crippen molar-refractivity contribution in [3.05, 3.63) is 30.0 Å². The summed E-state index contributed by atoms with van der Waals surface area (Å²) in [5, 5.41) is 0.879. The quantitative estimate of drug-likeness (QED) is 0.721. The highest BCUT2D eigenvalue weighted by molar-refractivity contribution is 5.97. The van der Waals surface area contributed by atoms with E-state index in [0.717, 1.165) is 37.9 Å². The molecule has 25 heavy (non-hydrogen) atoms. The minimum absolute atomic E-state index is 0.0583. The smallest absolute Gasteiger partial charge is 0.289 e. The Bertz CT molecular complexity index is 703. The van der Waals surface area contributed by atoms with Crippen LogP contribution in [0.3, 0.4) is 0 Å². The highest BCUT2D eigenvalue weighted by Gasteiger charge is 2.26. The van der Waals surface area contributed by atoms with Crippen LogP contribution < -0.4 is 4.74 Å². The summed E-state index contributed by atoms with van der Waals surface area (Å²) in [7, 11) is 3.26. The van der Waals surface area contributed by atoms with Crippen molar-refractivity contribution >= 4 is 16.9 Å². The second-order valence-corrected chi connectivity index (χ2v) is 6.29. The molecule has 1 aliphatic rings. The SMILES string of the molecule is COCCOCC1CCN(C(=O)c2cc3cccc(OC)c3o2)CC1. The molecule has 136 valence electrons. The van der Waals surface area contributed by atoms with E-state index in [0.29, 0.717) is 36.2 Å². The summed E-state index contributed by atoms with van der Waals surface area (Å²) in [6.07, 6.45) is 1.89. The van der Waals surface area contributed by atoms with E-state index in [2.05, 4.69) is 0 Å². The Hall–Kier alpha value is -2.05. The lowest BCUT2D eigenvalue weighted by Crippen LogP contribution is -2.39. The van der Waals surface area contributed by atoms with Crippen LogP contribution in [-0.4, -0.2) is 57.9 Å². The monoisotopic (exact) mass is 347 g/mol. The molecule has 6 nitrogen and oxygen atoms in total. The second kappa shape index (κ2) is 8.36. The molecule has 0 saturated carbocycles. The van der Waals surface area contributed by atoms with Gasteiger partial charge >= 0.3 is 0 Å². The van der Waals surface area contributed by atoms with Gasteiger partial charge in [-0.05, 0) is 30.9 Å². The fraction of sp³-hybridized carbons (Fsp3) is 0.526. The van der Waals surface area contributed by atoms with Gasteiger partial charge in [0.25, 0.3) is 5.91 Å². The molecule has 0 N–H and O–H groups in total. The molecule has 3 rings (SSSR count). The van der Waals surface area contributed by atoms with Gasteiger partial charge in [0.1, 0.15) is 0 Å². The summed E-state index contributed by atoms with van der Waals surface area (Å²) in [5.41, 5.74) is 0.620. The van der Waals surface area contributed by atoms with Crippen LogP contribution in [0.4, 0.5) is 0 Å². The third-order valence-corrected chi connectivity index (χ3v) is 4.63. The third-order valence-electron chi connectivity index (χ3n) is 4.63. The molecule has 0 unspecified atom stereocenters. The molecular weight excluding hydrogens is 322 g/mol. The van der Waals surface area contributed by atoms with Gasteiger partial charge in [-0.3, -0.25) is 4.79 Å². The summed E-state index contributed by atoms with van der Waals surface area (Å²) in [5.74, 6) is 1.45. The van der Waals surface area contributed by atoms with Crippen molar-refractivity contribution in [3.63, 3.8) is 0 Å². The van der Waals surface area contributed by atoms with E-state index < -0.39 is 0 Å². The molecule has 2 heterocycles. The topological polar surface area (TPSA) is 61.1 Å². The third kappa shape index (κ3) is 4.14. The first-order valence-electron chi connectivity index (χ1n) is 8.65. The maximum atomic E-state index is 12.7. The Morgan fingerprint density at radius 1 is 1.24 bits per heavy atom. The van der Waals surface area contributed by atoms with Crippen molar-refractivity contribution in [3.8, 4) is 5.75 Å². The molecule has 1 aliphatic heterocycles. The van der Waals surface area contributed by atoms with E-state index in [-0.39, 0.29) is 5.91 Å². The first-order valence-corrected chi connectivity index (χ1v) is 8.65. The number of fused-ring (bicyclic) bond motifs is 1. The number of piperidine rings is 1. The van der Waals surface area contributed by atoms with E-state index in [1.54, 1.807) is 20.3 Å². The normalized spacial score (nSPS) is 15.7. The van der Waals surface area contributed by atoms with Gasteiger partial charge in [0.2, 0.25) is 0 Å². The van der Waals surface area contributed by atoms with Crippen LogP contribution in [0.2, 0.25) is 0 Å². The lowest BCUT2D eigenvalue weighted by Gasteiger charge is -2.31. The Balaban J connectivity index is 1.57. The van der Waals surface area contributed by atoms with Crippen LogP contribution in [0.5, 0.6) is 5.75 Å². The molecule has 1 amide bonds. The number of carbonyl (C=O) groups is 1. The first kappa shape index (κ1) is 17.8. The Morgan fingerprint density at radius 3 is 2.76 bits per heavy atom. The Kier molecular flexibility index (Phi) is 5.94. The number of hydrogen-bond acceptors (Lipinski definition) is 5. The van der Waals surface area contributed by atoms with Gasteiger partial charge in [-0.25, -0.2) is 0 Å². The summed E-state index contributed by atoms with van der Waals surface area (Å²) >= 11 is 0. The number of hydrogen-bond donors (Lipinski definition) is 0. The summed E-state index contributed by atoms with van der Waals surface area (Å²) in [6, 6.07) is 7.43. The van der Waals surface area contributed by atoms with E-state index in [9.17, 15) is 4.79 Å². The molecule has 1 aromatic heterocycles. The molecule has 1 fully saturated rings. The second-order valence-electron chi connectivity index (χ2n) is 6.29. The summed E-state index contributed by atoms with van der Waals surface area (Å²) in [6.45, 7) is 3.42. The van der Waals surface area contributed by atoms with E-state index in [1.807, 2.05) is 23.1 Å². The fourth-order valence-electron chi connectivity index (χ4n) is 3.15. The Labute approximate surface area is 147 Å². The maximum Gasteiger partial charge on any atom is 0.289 e. The van der Waals surface area contributed by atoms with Crippen LogP contribution >= 0.6 is 0 Å². The zero-order valence-corrected chi connectivity index (χ0v) is 14.8.